The zero-order valence-corrected chi connectivity index (χ0v) is 13.7. The molecule has 0 atom stereocenters. The van der Waals surface area contributed by atoms with Gasteiger partial charge >= 0.3 is 0 Å². The number of nitrogens with zero attached hydrogens (tertiary/aromatic N) is 2. The minimum absolute atomic E-state index is 0. The highest BCUT2D eigenvalue weighted by Gasteiger charge is 1.98. The van der Waals surface area contributed by atoms with Crippen LogP contribution in [0.15, 0.2) is 10.4 Å². The van der Waals surface area contributed by atoms with Crippen LogP contribution in [0.2, 0.25) is 0 Å². The molecule has 0 bridgehead atoms. The number of thiazole rings is 1. The molecule has 4 nitrogen and oxygen atoms in total. The van der Waals surface area contributed by atoms with Crippen molar-refractivity contribution in [1.82, 2.24) is 10.3 Å². The first-order chi connectivity index (χ1) is 7.58. The Morgan fingerprint density at radius 3 is 2.82 bits per heavy atom. The van der Waals surface area contributed by atoms with E-state index >= 15 is 0 Å². The van der Waals surface area contributed by atoms with Crippen LogP contribution >= 0.6 is 35.3 Å². The fourth-order valence-electron chi connectivity index (χ4n) is 1.18. The van der Waals surface area contributed by atoms with Crippen molar-refractivity contribution in [3.8, 4) is 0 Å². The topological polar surface area (TPSA) is 63.3 Å². The molecule has 0 saturated heterocycles. The zero-order valence-electron chi connectivity index (χ0n) is 10.6. The molecule has 0 radical (unpaired) electrons. The summed E-state index contributed by atoms with van der Waals surface area (Å²) in [5.74, 6) is 1.07. The molecule has 0 unspecified atom stereocenters. The van der Waals surface area contributed by atoms with Crippen molar-refractivity contribution in [1.29, 1.82) is 0 Å². The number of nitrogens with one attached hydrogen (secondary N) is 1. The Morgan fingerprint density at radius 1 is 1.59 bits per heavy atom. The second-order valence-corrected chi connectivity index (χ2v) is 5.22. The Morgan fingerprint density at radius 2 is 2.29 bits per heavy atom. The van der Waals surface area contributed by atoms with E-state index in [-0.39, 0.29) is 24.0 Å². The van der Waals surface area contributed by atoms with E-state index in [0.717, 1.165) is 30.2 Å². The Hall–Kier alpha value is -0.370. The lowest BCUT2D eigenvalue weighted by molar-refractivity contribution is 0.661. The monoisotopic (exact) mass is 368 g/mol. The first kappa shape index (κ1) is 16.6. The van der Waals surface area contributed by atoms with Gasteiger partial charge in [0.25, 0.3) is 0 Å². The van der Waals surface area contributed by atoms with Gasteiger partial charge in [-0.25, -0.2) is 4.98 Å². The van der Waals surface area contributed by atoms with Crippen molar-refractivity contribution in [2.45, 2.75) is 27.2 Å². The summed E-state index contributed by atoms with van der Waals surface area (Å²) >= 11 is 1.68. The van der Waals surface area contributed by atoms with Crippen LogP contribution in [0.3, 0.4) is 0 Å². The number of guanidine groups is 1. The molecule has 0 saturated carbocycles. The molecule has 1 rings (SSSR count). The van der Waals surface area contributed by atoms with Crippen molar-refractivity contribution in [2.75, 3.05) is 13.1 Å². The number of aliphatic imine (C=N–C) groups is 1. The van der Waals surface area contributed by atoms with E-state index in [2.05, 4.69) is 34.5 Å². The summed E-state index contributed by atoms with van der Waals surface area (Å²) in [7, 11) is 0. The molecule has 0 aromatic carbocycles. The van der Waals surface area contributed by atoms with Crippen LogP contribution in [0.5, 0.6) is 0 Å². The Labute approximate surface area is 124 Å². The smallest absolute Gasteiger partial charge is 0.188 e. The molecule has 17 heavy (non-hydrogen) atoms. The third kappa shape index (κ3) is 7.54. The fourth-order valence-corrected chi connectivity index (χ4v) is 1.83. The molecule has 6 heteroatoms. The molecule has 0 fully saturated rings. The van der Waals surface area contributed by atoms with Crippen LogP contribution in [-0.4, -0.2) is 24.0 Å². The predicted octanol–water partition coefficient (Wildman–Crippen LogP) is 2.17. The molecule has 1 aromatic heterocycles. The van der Waals surface area contributed by atoms with E-state index in [9.17, 15) is 0 Å². The van der Waals surface area contributed by atoms with Crippen molar-refractivity contribution >= 4 is 41.3 Å². The maximum Gasteiger partial charge on any atom is 0.188 e. The number of rotatable bonds is 5. The number of aromatic nitrogens is 1. The van der Waals surface area contributed by atoms with Crippen LogP contribution in [0.4, 0.5) is 0 Å². The van der Waals surface area contributed by atoms with Gasteiger partial charge in [-0.15, -0.1) is 35.3 Å². The number of aryl methyl sites for hydroxylation is 1. The third-order valence-electron chi connectivity index (χ3n) is 1.98. The highest BCUT2D eigenvalue weighted by Crippen LogP contribution is 2.07. The fraction of sp³-hybridized carbons (Fsp3) is 0.636. The molecule has 1 heterocycles. The molecule has 98 valence electrons. The Kier molecular flexibility index (Phi) is 8.49. The van der Waals surface area contributed by atoms with Gasteiger partial charge < -0.3 is 11.1 Å². The predicted molar refractivity (Wildman–Crippen MR) is 85.3 cm³/mol. The summed E-state index contributed by atoms with van der Waals surface area (Å²) in [5.41, 5.74) is 6.83. The van der Waals surface area contributed by atoms with E-state index in [1.807, 2.05) is 6.92 Å². The quantitative estimate of drug-likeness (QED) is 0.476. The molecule has 0 aliphatic carbocycles. The highest BCUT2D eigenvalue weighted by molar-refractivity contribution is 14.0. The number of hydrogen-bond donors (Lipinski definition) is 2. The van der Waals surface area contributed by atoms with Gasteiger partial charge in [-0.1, -0.05) is 13.8 Å². The zero-order chi connectivity index (χ0) is 12.0. The standard InChI is InChI=1S/C11H20N4S.HI/c1-8(2)6-14-11(12)13-5-4-10-7-16-9(3)15-10;/h7-8H,4-6H2,1-3H3,(H3,12,13,14);1H. The summed E-state index contributed by atoms with van der Waals surface area (Å²) in [4.78, 5) is 8.61. The van der Waals surface area contributed by atoms with E-state index in [4.69, 9.17) is 5.73 Å². The SMILES string of the molecule is Cc1nc(CCNC(N)=NCC(C)C)cs1.I. The molecular formula is C11H21IN4S. The average Bonchev–Trinajstić information content (AvgIpc) is 2.61. The van der Waals surface area contributed by atoms with E-state index in [1.54, 1.807) is 11.3 Å². The highest BCUT2D eigenvalue weighted by atomic mass is 127. The van der Waals surface area contributed by atoms with E-state index < -0.39 is 0 Å². The second kappa shape index (κ2) is 8.68. The number of halogens is 1. The maximum absolute atomic E-state index is 5.71. The maximum atomic E-state index is 5.71. The van der Waals surface area contributed by atoms with Crippen molar-refractivity contribution in [2.24, 2.45) is 16.6 Å². The summed E-state index contributed by atoms with van der Waals surface area (Å²) in [6.07, 6.45) is 0.891. The lowest BCUT2D eigenvalue weighted by atomic mass is 10.2. The van der Waals surface area contributed by atoms with Gasteiger partial charge in [0.15, 0.2) is 5.96 Å². The van der Waals surface area contributed by atoms with Gasteiger partial charge in [-0.3, -0.25) is 4.99 Å². The van der Waals surface area contributed by atoms with Gasteiger partial charge in [-0.2, -0.15) is 0 Å². The van der Waals surface area contributed by atoms with Crippen molar-refractivity contribution in [3.63, 3.8) is 0 Å². The summed E-state index contributed by atoms with van der Waals surface area (Å²) < 4.78 is 0. The molecular weight excluding hydrogens is 347 g/mol. The molecule has 0 amide bonds. The summed E-state index contributed by atoms with van der Waals surface area (Å²) in [5, 5.41) is 6.28. The summed E-state index contributed by atoms with van der Waals surface area (Å²) in [6.45, 7) is 7.81. The van der Waals surface area contributed by atoms with Crippen molar-refractivity contribution < 1.29 is 0 Å². The minimum Gasteiger partial charge on any atom is -0.370 e. The molecule has 0 spiro atoms. The lowest BCUT2D eigenvalue weighted by Crippen LogP contribution is -2.33. The average molecular weight is 368 g/mol. The van der Waals surface area contributed by atoms with Gasteiger partial charge in [0.2, 0.25) is 0 Å². The van der Waals surface area contributed by atoms with E-state index in [1.165, 1.54) is 0 Å². The van der Waals surface area contributed by atoms with Crippen LogP contribution in [0.1, 0.15) is 24.5 Å². The lowest BCUT2D eigenvalue weighted by Gasteiger charge is -2.05. The van der Waals surface area contributed by atoms with Crippen LogP contribution in [-0.2, 0) is 6.42 Å². The minimum atomic E-state index is 0. The van der Waals surface area contributed by atoms with Gasteiger partial charge in [0.1, 0.15) is 0 Å². The van der Waals surface area contributed by atoms with Crippen LogP contribution in [0.25, 0.3) is 0 Å². The molecule has 3 N–H and O–H groups in total. The Bertz CT molecular complexity index is 349. The van der Waals surface area contributed by atoms with Crippen molar-refractivity contribution in [3.05, 3.63) is 16.1 Å². The first-order valence-corrected chi connectivity index (χ1v) is 6.40. The molecule has 1 aromatic rings. The van der Waals surface area contributed by atoms with Gasteiger partial charge in [0.05, 0.1) is 10.7 Å². The van der Waals surface area contributed by atoms with Gasteiger partial charge in [0, 0.05) is 24.9 Å². The molecule has 0 aliphatic rings. The third-order valence-corrected chi connectivity index (χ3v) is 2.80. The van der Waals surface area contributed by atoms with Crippen LogP contribution in [0, 0.1) is 12.8 Å². The second-order valence-electron chi connectivity index (χ2n) is 4.15. The van der Waals surface area contributed by atoms with Crippen LogP contribution < -0.4 is 11.1 Å². The molecule has 0 aliphatic heterocycles. The normalized spacial score (nSPS) is 11.4. The first-order valence-electron chi connectivity index (χ1n) is 5.52. The summed E-state index contributed by atoms with van der Waals surface area (Å²) in [6, 6.07) is 0. The van der Waals surface area contributed by atoms with Gasteiger partial charge in [-0.05, 0) is 12.8 Å². The number of nitrogens with two attached hydrogens (primary N) is 1. The Balaban J connectivity index is 0.00000256. The van der Waals surface area contributed by atoms with E-state index in [0.29, 0.717) is 11.9 Å². The largest absolute Gasteiger partial charge is 0.370 e. The number of hydrogen-bond acceptors (Lipinski definition) is 3.